The van der Waals surface area contributed by atoms with Gasteiger partial charge in [-0.3, -0.25) is 4.68 Å². The van der Waals surface area contributed by atoms with Crippen molar-refractivity contribution in [3.05, 3.63) is 59.4 Å². The summed E-state index contributed by atoms with van der Waals surface area (Å²) in [7, 11) is 1.73. The van der Waals surface area contributed by atoms with Gasteiger partial charge in [0.25, 0.3) is 0 Å². The maximum atomic E-state index is 14.3. The van der Waals surface area contributed by atoms with Crippen molar-refractivity contribution in [3.63, 3.8) is 0 Å². The molecule has 0 bridgehead atoms. The predicted octanol–water partition coefficient (Wildman–Crippen LogP) is 4.13. The Balaban J connectivity index is 2.30. The second-order valence-electron chi connectivity index (χ2n) is 4.70. The van der Waals surface area contributed by atoms with Crippen LogP contribution in [0.5, 0.6) is 0 Å². The highest BCUT2D eigenvalue weighted by atomic mass is 35.5. The minimum atomic E-state index is -0.490. The highest BCUT2D eigenvalue weighted by molar-refractivity contribution is 6.31. The summed E-state index contributed by atoms with van der Waals surface area (Å²) in [6, 6.07) is 14.4. The molecule has 0 atom stereocenters. The van der Waals surface area contributed by atoms with Crippen molar-refractivity contribution in [2.24, 2.45) is 7.05 Å². The monoisotopic (exact) mass is 301 g/mol. The van der Waals surface area contributed by atoms with E-state index >= 15 is 0 Å². The zero-order chi connectivity index (χ0) is 15.0. The number of benzene rings is 2. The number of rotatable bonds is 2. The van der Waals surface area contributed by atoms with Gasteiger partial charge < -0.3 is 5.73 Å². The Morgan fingerprint density at radius 2 is 1.81 bits per heavy atom. The van der Waals surface area contributed by atoms with Gasteiger partial charge in [0, 0.05) is 18.2 Å². The highest BCUT2D eigenvalue weighted by Crippen LogP contribution is 2.38. The molecule has 21 heavy (non-hydrogen) atoms. The molecule has 0 aliphatic heterocycles. The number of aromatic nitrogens is 2. The Kier molecular flexibility index (Phi) is 3.39. The van der Waals surface area contributed by atoms with Crippen molar-refractivity contribution in [2.75, 3.05) is 5.73 Å². The van der Waals surface area contributed by atoms with Gasteiger partial charge in [0.1, 0.15) is 17.3 Å². The standard InChI is InChI=1S/C16H13ClFN3/c1-21-16(19)13(11-8-5-9-12(17)14(11)18)15(20-21)10-6-3-2-4-7-10/h2-9H,19H2,1H3. The zero-order valence-corrected chi connectivity index (χ0v) is 12.1. The van der Waals surface area contributed by atoms with E-state index in [0.717, 1.165) is 5.56 Å². The molecule has 1 aromatic heterocycles. The lowest BCUT2D eigenvalue weighted by Crippen LogP contribution is -1.98. The molecule has 0 aliphatic rings. The lowest BCUT2D eigenvalue weighted by molar-refractivity contribution is 0.632. The fourth-order valence-electron chi connectivity index (χ4n) is 2.30. The van der Waals surface area contributed by atoms with Gasteiger partial charge in [0.2, 0.25) is 0 Å². The molecule has 0 spiro atoms. The SMILES string of the molecule is Cn1nc(-c2ccccc2)c(-c2cccc(Cl)c2F)c1N. The number of nitrogens with two attached hydrogens (primary N) is 1. The first kappa shape index (κ1) is 13.6. The van der Waals surface area contributed by atoms with Gasteiger partial charge in [0.15, 0.2) is 0 Å². The molecular weight excluding hydrogens is 289 g/mol. The molecule has 106 valence electrons. The molecule has 2 N–H and O–H groups in total. The van der Waals surface area contributed by atoms with E-state index in [-0.39, 0.29) is 5.02 Å². The Labute approximate surface area is 126 Å². The zero-order valence-electron chi connectivity index (χ0n) is 11.3. The Bertz CT molecular complexity index is 797. The molecule has 2 aromatic carbocycles. The van der Waals surface area contributed by atoms with Crippen LogP contribution in [0.2, 0.25) is 5.02 Å². The maximum Gasteiger partial charge on any atom is 0.149 e. The summed E-state index contributed by atoms with van der Waals surface area (Å²) in [4.78, 5) is 0. The van der Waals surface area contributed by atoms with Gasteiger partial charge in [-0.15, -0.1) is 0 Å². The van der Waals surface area contributed by atoms with E-state index < -0.39 is 5.82 Å². The van der Waals surface area contributed by atoms with E-state index in [1.54, 1.807) is 19.2 Å². The van der Waals surface area contributed by atoms with Crippen LogP contribution in [-0.4, -0.2) is 9.78 Å². The number of anilines is 1. The van der Waals surface area contributed by atoms with Crippen molar-refractivity contribution in [1.29, 1.82) is 0 Å². The number of hydrogen-bond acceptors (Lipinski definition) is 2. The van der Waals surface area contributed by atoms with Crippen LogP contribution in [0.25, 0.3) is 22.4 Å². The van der Waals surface area contributed by atoms with E-state index in [0.29, 0.717) is 22.6 Å². The van der Waals surface area contributed by atoms with Gasteiger partial charge in [-0.05, 0) is 6.07 Å². The first-order chi connectivity index (χ1) is 10.1. The van der Waals surface area contributed by atoms with E-state index in [9.17, 15) is 4.39 Å². The van der Waals surface area contributed by atoms with Crippen molar-refractivity contribution in [3.8, 4) is 22.4 Å². The quantitative estimate of drug-likeness (QED) is 0.773. The first-order valence-electron chi connectivity index (χ1n) is 6.42. The number of nitrogen functional groups attached to an aromatic ring is 1. The topological polar surface area (TPSA) is 43.8 Å². The summed E-state index contributed by atoms with van der Waals surface area (Å²) in [6.45, 7) is 0. The molecule has 3 rings (SSSR count). The fourth-order valence-corrected chi connectivity index (χ4v) is 2.47. The average Bonchev–Trinajstić information content (AvgIpc) is 2.79. The summed E-state index contributed by atoms with van der Waals surface area (Å²) >= 11 is 5.88. The molecule has 3 nitrogen and oxygen atoms in total. The number of nitrogens with zero attached hydrogens (tertiary/aromatic N) is 2. The van der Waals surface area contributed by atoms with Crippen LogP contribution in [0.3, 0.4) is 0 Å². The molecule has 0 saturated heterocycles. The summed E-state index contributed by atoms with van der Waals surface area (Å²) in [6.07, 6.45) is 0. The van der Waals surface area contributed by atoms with E-state index in [1.807, 2.05) is 30.3 Å². The van der Waals surface area contributed by atoms with E-state index in [4.69, 9.17) is 17.3 Å². The Hall–Kier alpha value is -2.33. The molecule has 5 heteroatoms. The molecule has 0 aliphatic carbocycles. The second kappa shape index (κ2) is 5.22. The van der Waals surface area contributed by atoms with Crippen LogP contribution in [0, 0.1) is 5.82 Å². The van der Waals surface area contributed by atoms with E-state index in [1.165, 1.54) is 10.7 Å². The molecule has 0 amide bonds. The highest BCUT2D eigenvalue weighted by Gasteiger charge is 2.20. The summed E-state index contributed by atoms with van der Waals surface area (Å²) < 4.78 is 15.9. The summed E-state index contributed by atoms with van der Waals surface area (Å²) in [5.41, 5.74) is 8.51. The summed E-state index contributed by atoms with van der Waals surface area (Å²) in [5, 5.41) is 4.47. The van der Waals surface area contributed by atoms with Gasteiger partial charge in [-0.25, -0.2) is 4.39 Å². The van der Waals surface area contributed by atoms with Crippen LogP contribution < -0.4 is 5.73 Å². The van der Waals surface area contributed by atoms with Crippen LogP contribution in [0.1, 0.15) is 0 Å². The number of hydrogen-bond donors (Lipinski definition) is 1. The van der Waals surface area contributed by atoms with Crippen molar-refractivity contribution in [1.82, 2.24) is 9.78 Å². The van der Waals surface area contributed by atoms with Crippen molar-refractivity contribution in [2.45, 2.75) is 0 Å². The third kappa shape index (κ3) is 2.28. The fraction of sp³-hybridized carbons (Fsp3) is 0.0625. The third-order valence-corrected chi connectivity index (χ3v) is 3.65. The first-order valence-corrected chi connectivity index (χ1v) is 6.79. The smallest absolute Gasteiger partial charge is 0.149 e. The van der Waals surface area contributed by atoms with E-state index in [2.05, 4.69) is 5.10 Å². The molecule has 0 unspecified atom stereocenters. The maximum absolute atomic E-state index is 14.3. The van der Waals surface area contributed by atoms with Crippen LogP contribution in [0.15, 0.2) is 48.5 Å². The molecule has 0 radical (unpaired) electrons. The largest absolute Gasteiger partial charge is 0.383 e. The van der Waals surface area contributed by atoms with Gasteiger partial charge >= 0.3 is 0 Å². The van der Waals surface area contributed by atoms with Crippen molar-refractivity contribution < 1.29 is 4.39 Å². The lowest BCUT2D eigenvalue weighted by Gasteiger charge is -2.07. The van der Waals surface area contributed by atoms with Crippen molar-refractivity contribution >= 4 is 17.4 Å². The molecule has 1 heterocycles. The molecule has 0 saturated carbocycles. The normalized spacial score (nSPS) is 10.8. The predicted molar refractivity (Wildman–Crippen MR) is 83.5 cm³/mol. The lowest BCUT2D eigenvalue weighted by atomic mass is 10.0. The van der Waals surface area contributed by atoms with Gasteiger partial charge in [0.05, 0.1) is 10.6 Å². The van der Waals surface area contributed by atoms with Crippen LogP contribution in [-0.2, 0) is 7.05 Å². The molecular formula is C16H13ClFN3. The average molecular weight is 302 g/mol. The minimum absolute atomic E-state index is 0.0646. The second-order valence-corrected chi connectivity index (χ2v) is 5.11. The van der Waals surface area contributed by atoms with Gasteiger partial charge in [-0.2, -0.15) is 5.10 Å². The molecule has 0 fully saturated rings. The summed E-state index contributed by atoms with van der Waals surface area (Å²) in [5.74, 6) is -0.0916. The van der Waals surface area contributed by atoms with Gasteiger partial charge in [-0.1, -0.05) is 54.1 Å². The minimum Gasteiger partial charge on any atom is -0.383 e. The molecule has 3 aromatic rings. The van der Waals surface area contributed by atoms with Crippen LogP contribution >= 0.6 is 11.6 Å². The number of halogens is 2. The van der Waals surface area contributed by atoms with Crippen LogP contribution in [0.4, 0.5) is 10.2 Å². The Morgan fingerprint density at radius 3 is 2.52 bits per heavy atom. The third-order valence-electron chi connectivity index (χ3n) is 3.36. The number of aryl methyl sites for hydroxylation is 1. The Morgan fingerprint density at radius 1 is 1.10 bits per heavy atom.